The van der Waals surface area contributed by atoms with Gasteiger partial charge < -0.3 is 15.5 Å². The highest BCUT2D eigenvalue weighted by Crippen LogP contribution is 2.20. The van der Waals surface area contributed by atoms with Crippen LogP contribution in [0.25, 0.3) is 0 Å². The van der Waals surface area contributed by atoms with Gasteiger partial charge in [-0.25, -0.2) is 13.1 Å². The summed E-state index contributed by atoms with van der Waals surface area (Å²) < 4.78 is 24.5. The number of nitrogens with zero attached hydrogens (tertiary/aromatic N) is 2. The minimum Gasteiger partial charge on any atom is -0.369 e. The number of sulfonamides is 1. The normalized spacial score (nSPS) is 18.0. The van der Waals surface area contributed by atoms with Gasteiger partial charge in [-0.2, -0.15) is 0 Å². The molecule has 1 aliphatic rings. The second kappa shape index (κ2) is 10.2. The molecule has 0 radical (unpaired) electrons. The van der Waals surface area contributed by atoms with E-state index in [1.54, 1.807) is 7.05 Å². The Labute approximate surface area is 167 Å². The first-order chi connectivity index (χ1) is 11.4. The molecule has 1 saturated heterocycles. The zero-order valence-electron chi connectivity index (χ0n) is 14.9. The van der Waals surface area contributed by atoms with Gasteiger partial charge in [0.15, 0.2) is 5.96 Å². The first-order valence-electron chi connectivity index (χ1n) is 8.11. The monoisotopic (exact) mass is 481 g/mol. The molecule has 1 aromatic carbocycles. The van der Waals surface area contributed by atoms with E-state index in [4.69, 9.17) is 0 Å². The summed E-state index contributed by atoms with van der Waals surface area (Å²) in [6.07, 6.45) is 2.19. The molecule has 1 heterocycles. The lowest BCUT2D eigenvalue weighted by molar-refractivity contribution is 0.585. The smallest absolute Gasteiger partial charge is 0.208 e. The molecule has 1 aromatic rings. The van der Waals surface area contributed by atoms with E-state index in [-0.39, 0.29) is 24.0 Å². The summed E-state index contributed by atoms with van der Waals surface area (Å²) in [6.45, 7) is 4.84. The predicted molar refractivity (Wildman–Crippen MR) is 115 cm³/mol. The van der Waals surface area contributed by atoms with Crippen molar-refractivity contribution in [3.05, 3.63) is 29.8 Å². The summed E-state index contributed by atoms with van der Waals surface area (Å²) >= 11 is 0. The number of hydrogen-bond donors (Lipinski definition) is 3. The third-order valence-corrected chi connectivity index (χ3v) is 4.66. The van der Waals surface area contributed by atoms with Crippen LogP contribution in [0.4, 0.5) is 5.69 Å². The topological polar surface area (TPSA) is 85.8 Å². The van der Waals surface area contributed by atoms with E-state index in [0.717, 1.165) is 25.8 Å². The summed E-state index contributed by atoms with van der Waals surface area (Å²) in [5.41, 5.74) is 2.50. The minimum absolute atomic E-state index is 0. The maximum absolute atomic E-state index is 11.0. The van der Waals surface area contributed by atoms with Gasteiger partial charge in [0, 0.05) is 45.0 Å². The average molecular weight is 481 g/mol. The molecule has 9 heteroatoms. The quantitative estimate of drug-likeness (QED) is 0.244. The molecule has 1 unspecified atom stereocenters. The molecule has 3 N–H and O–H groups in total. The van der Waals surface area contributed by atoms with Crippen LogP contribution < -0.4 is 20.3 Å². The highest BCUT2D eigenvalue weighted by molar-refractivity contribution is 14.0. The van der Waals surface area contributed by atoms with E-state index < -0.39 is 10.0 Å². The van der Waals surface area contributed by atoms with Crippen LogP contribution in [0.5, 0.6) is 0 Å². The number of benzene rings is 1. The highest BCUT2D eigenvalue weighted by atomic mass is 127. The van der Waals surface area contributed by atoms with Gasteiger partial charge in [0.05, 0.1) is 6.26 Å². The number of aliphatic imine (C=N–C) groups is 1. The molecule has 0 bridgehead atoms. The zero-order chi connectivity index (χ0) is 17.6. The Hall–Kier alpha value is -1.07. The Morgan fingerprint density at radius 1 is 1.28 bits per heavy atom. The van der Waals surface area contributed by atoms with Gasteiger partial charge in [-0.05, 0) is 25.5 Å². The van der Waals surface area contributed by atoms with Gasteiger partial charge in [-0.3, -0.25) is 4.99 Å². The Balaban J connectivity index is 0.00000312. The number of rotatable bonds is 6. The van der Waals surface area contributed by atoms with Gasteiger partial charge in [0.25, 0.3) is 0 Å². The summed E-state index contributed by atoms with van der Waals surface area (Å²) in [6, 6.07) is 8.89. The first kappa shape index (κ1) is 22.0. The van der Waals surface area contributed by atoms with Crippen LogP contribution >= 0.6 is 24.0 Å². The second-order valence-electron chi connectivity index (χ2n) is 6.08. The number of hydrogen-bond acceptors (Lipinski definition) is 4. The molecule has 2 rings (SSSR count). The number of nitrogens with one attached hydrogen (secondary N) is 3. The molecule has 0 amide bonds. The number of anilines is 1. The molecule has 1 aliphatic heterocycles. The van der Waals surface area contributed by atoms with E-state index in [1.165, 1.54) is 11.3 Å². The van der Waals surface area contributed by atoms with Crippen molar-refractivity contribution < 1.29 is 8.42 Å². The van der Waals surface area contributed by atoms with E-state index in [1.807, 2.05) is 0 Å². The van der Waals surface area contributed by atoms with Crippen molar-refractivity contribution in [3.63, 3.8) is 0 Å². The Bertz CT molecular complexity index is 664. The second-order valence-corrected chi connectivity index (χ2v) is 7.91. The molecule has 0 aromatic heterocycles. The lowest BCUT2D eigenvalue weighted by Gasteiger charge is -2.20. The SMILES string of the molecule is CN=C(NCCNS(C)(=O)=O)NC1CCN(c2ccc(C)cc2)C1.I. The van der Waals surface area contributed by atoms with Crippen molar-refractivity contribution in [2.75, 3.05) is 44.4 Å². The number of halogens is 1. The van der Waals surface area contributed by atoms with Crippen LogP contribution in [0, 0.1) is 6.92 Å². The maximum Gasteiger partial charge on any atom is 0.208 e. The Kier molecular flexibility index (Phi) is 8.94. The fraction of sp³-hybridized carbons (Fsp3) is 0.562. The average Bonchev–Trinajstić information content (AvgIpc) is 2.98. The molecule has 0 aliphatic carbocycles. The van der Waals surface area contributed by atoms with Crippen molar-refractivity contribution in [1.82, 2.24) is 15.4 Å². The van der Waals surface area contributed by atoms with Crippen molar-refractivity contribution in [1.29, 1.82) is 0 Å². The maximum atomic E-state index is 11.0. The fourth-order valence-electron chi connectivity index (χ4n) is 2.67. The van der Waals surface area contributed by atoms with Crippen LogP contribution in [0.3, 0.4) is 0 Å². The molecule has 0 spiro atoms. The van der Waals surface area contributed by atoms with E-state index in [0.29, 0.717) is 25.1 Å². The zero-order valence-corrected chi connectivity index (χ0v) is 18.1. The summed E-state index contributed by atoms with van der Waals surface area (Å²) in [5.74, 6) is 0.695. The van der Waals surface area contributed by atoms with Crippen molar-refractivity contribution in [2.24, 2.45) is 4.99 Å². The molecule has 1 atom stereocenters. The minimum atomic E-state index is -3.15. The van der Waals surface area contributed by atoms with Crippen LogP contribution in [0.1, 0.15) is 12.0 Å². The molecule has 7 nitrogen and oxygen atoms in total. The van der Waals surface area contributed by atoms with Gasteiger partial charge in [0.2, 0.25) is 10.0 Å². The van der Waals surface area contributed by atoms with Gasteiger partial charge in [-0.15, -0.1) is 24.0 Å². The molecular weight excluding hydrogens is 453 g/mol. The standard InChI is InChI=1S/C16H27N5O2S.HI/c1-13-4-6-15(7-5-13)21-11-8-14(12-21)20-16(17-2)18-9-10-19-24(3,22)23;/h4-7,14,19H,8-12H2,1-3H3,(H2,17,18,20);1H. The van der Waals surface area contributed by atoms with E-state index in [9.17, 15) is 8.42 Å². The summed E-state index contributed by atoms with van der Waals surface area (Å²) in [4.78, 5) is 6.55. The van der Waals surface area contributed by atoms with Gasteiger partial charge in [0.1, 0.15) is 0 Å². The van der Waals surface area contributed by atoms with Crippen LogP contribution in [0.2, 0.25) is 0 Å². The Morgan fingerprint density at radius 3 is 2.56 bits per heavy atom. The van der Waals surface area contributed by atoms with Crippen molar-refractivity contribution >= 4 is 45.6 Å². The predicted octanol–water partition coefficient (Wildman–Crippen LogP) is 0.906. The fourth-order valence-corrected chi connectivity index (χ4v) is 3.15. The van der Waals surface area contributed by atoms with Gasteiger partial charge >= 0.3 is 0 Å². The highest BCUT2D eigenvalue weighted by Gasteiger charge is 2.23. The number of guanidine groups is 1. The molecular formula is C16H28IN5O2S. The molecule has 25 heavy (non-hydrogen) atoms. The third kappa shape index (κ3) is 7.78. The lowest BCUT2D eigenvalue weighted by Crippen LogP contribution is -2.46. The van der Waals surface area contributed by atoms with Crippen molar-refractivity contribution in [2.45, 2.75) is 19.4 Å². The number of aryl methyl sites for hydroxylation is 1. The third-order valence-electron chi connectivity index (χ3n) is 3.93. The molecule has 1 fully saturated rings. The van der Waals surface area contributed by atoms with Gasteiger partial charge in [-0.1, -0.05) is 17.7 Å². The largest absolute Gasteiger partial charge is 0.369 e. The van der Waals surface area contributed by atoms with Crippen LogP contribution in [0.15, 0.2) is 29.3 Å². The first-order valence-corrected chi connectivity index (χ1v) is 10.00. The summed E-state index contributed by atoms with van der Waals surface area (Å²) in [7, 11) is -1.43. The van der Waals surface area contributed by atoms with E-state index in [2.05, 4.69) is 56.4 Å². The van der Waals surface area contributed by atoms with E-state index >= 15 is 0 Å². The molecule has 0 saturated carbocycles. The Morgan fingerprint density at radius 2 is 1.96 bits per heavy atom. The lowest BCUT2D eigenvalue weighted by atomic mass is 10.2. The van der Waals surface area contributed by atoms with Crippen LogP contribution in [-0.2, 0) is 10.0 Å². The van der Waals surface area contributed by atoms with Crippen LogP contribution in [-0.4, -0.2) is 59.9 Å². The molecule has 142 valence electrons. The summed E-state index contributed by atoms with van der Waals surface area (Å²) in [5, 5.41) is 6.52. The van der Waals surface area contributed by atoms with Crippen molar-refractivity contribution in [3.8, 4) is 0 Å².